The van der Waals surface area contributed by atoms with Crippen molar-refractivity contribution in [2.45, 2.75) is 6.18 Å². The Hall–Kier alpha value is -2.51. The number of anilines is 1. The number of halogens is 3. The highest BCUT2D eigenvalue weighted by Crippen LogP contribution is 2.28. The molecule has 8 heteroatoms. The number of pyridine rings is 1. The smallest absolute Gasteiger partial charge is 0.417 e. The van der Waals surface area contributed by atoms with Crippen LogP contribution in [0.15, 0.2) is 41.3 Å². The van der Waals surface area contributed by atoms with Crippen molar-refractivity contribution in [3.63, 3.8) is 0 Å². The van der Waals surface area contributed by atoms with Crippen LogP contribution in [0.5, 0.6) is 0 Å². The van der Waals surface area contributed by atoms with Crippen molar-refractivity contribution in [2.24, 2.45) is 0 Å². The topological polar surface area (TPSA) is 67.2 Å². The van der Waals surface area contributed by atoms with E-state index in [1.165, 1.54) is 24.7 Å². The summed E-state index contributed by atoms with van der Waals surface area (Å²) in [5.41, 5.74) is -0.399. The molecule has 1 amide bonds. The lowest BCUT2D eigenvalue weighted by atomic mass is 10.3. The van der Waals surface area contributed by atoms with E-state index in [2.05, 4.69) is 15.6 Å². The molecule has 0 spiro atoms. The number of carbonyl (C=O) groups excluding carboxylic acids is 1. The van der Waals surface area contributed by atoms with E-state index in [1.807, 2.05) is 0 Å². The molecular formula is C13H12F3N3O2. The summed E-state index contributed by atoms with van der Waals surface area (Å²) in [5, 5.41) is 5.43. The lowest BCUT2D eigenvalue weighted by Crippen LogP contribution is -2.28. The number of carbonyl (C=O) groups is 1. The number of aromatic nitrogens is 1. The van der Waals surface area contributed by atoms with E-state index in [-0.39, 0.29) is 5.91 Å². The number of alkyl halides is 3. The van der Waals surface area contributed by atoms with Gasteiger partial charge in [0.15, 0.2) is 0 Å². The van der Waals surface area contributed by atoms with Crippen LogP contribution in [0.4, 0.5) is 19.0 Å². The Morgan fingerprint density at radius 2 is 2.05 bits per heavy atom. The molecule has 0 atom stereocenters. The van der Waals surface area contributed by atoms with Crippen molar-refractivity contribution in [3.8, 4) is 0 Å². The molecule has 0 bridgehead atoms. The van der Waals surface area contributed by atoms with E-state index >= 15 is 0 Å². The molecule has 0 radical (unpaired) electrons. The van der Waals surface area contributed by atoms with Gasteiger partial charge in [-0.2, -0.15) is 13.2 Å². The van der Waals surface area contributed by atoms with Crippen LogP contribution in [-0.2, 0) is 6.18 Å². The highest BCUT2D eigenvalue weighted by atomic mass is 19.4. The maximum atomic E-state index is 12.3. The fourth-order valence-electron chi connectivity index (χ4n) is 1.53. The van der Waals surface area contributed by atoms with Gasteiger partial charge >= 0.3 is 6.18 Å². The van der Waals surface area contributed by atoms with E-state index in [4.69, 9.17) is 4.42 Å². The first-order valence-corrected chi connectivity index (χ1v) is 6.04. The fourth-order valence-corrected chi connectivity index (χ4v) is 1.53. The van der Waals surface area contributed by atoms with Gasteiger partial charge in [0.2, 0.25) is 0 Å². The molecule has 2 N–H and O–H groups in total. The number of nitrogens with one attached hydrogen (secondary N) is 2. The Balaban J connectivity index is 1.75. The minimum Gasteiger partial charge on any atom is -0.472 e. The van der Waals surface area contributed by atoms with Gasteiger partial charge in [0, 0.05) is 19.3 Å². The molecule has 21 heavy (non-hydrogen) atoms. The highest BCUT2D eigenvalue weighted by molar-refractivity contribution is 5.93. The van der Waals surface area contributed by atoms with Gasteiger partial charge in [-0.05, 0) is 18.2 Å². The molecule has 112 valence electrons. The Labute approximate surface area is 118 Å². The third kappa shape index (κ3) is 4.23. The third-order valence-electron chi connectivity index (χ3n) is 2.59. The molecule has 0 aliphatic heterocycles. The van der Waals surface area contributed by atoms with Crippen molar-refractivity contribution < 1.29 is 22.4 Å². The fraction of sp³-hybridized carbons (Fsp3) is 0.231. The number of amides is 1. The summed E-state index contributed by atoms with van der Waals surface area (Å²) >= 11 is 0. The van der Waals surface area contributed by atoms with Gasteiger partial charge in [0.1, 0.15) is 12.1 Å². The summed E-state index contributed by atoms with van der Waals surface area (Å²) in [7, 11) is 0. The Morgan fingerprint density at radius 1 is 1.24 bits per heavy atom. The zero-order valence-electron chi connectivity index (χ0n) is 10.8. The summed E-state index contributed by atoms with van der Waals surface area (Å²) in [4.78, 5) is 15.2. The van der Waals surface area contributed by atoms with Crippen LogP contribution in [0.2, 0.25) is 0 Å². The van der Waals surface area contributed by atoms with Crippen LogP contribution in [-0.4, -0.2) is 24.0 Å². The number of rotatable bonds is 5. The summed E-state index contributed by atoms with van der Waals surface area (Å²) < 4.78 is 41.8. The highest BCUT2D eigenvalue weighted by Gasteiger charge is 2.30. The van der Waals surface area contributed by atoms with Gasteiger partial charge < -0.3 is 15.1 Å². The zero-order valence-corrected chi connectivity index (χ0v) is 10.8. The van der Waals surface area contributed by atoms with Crippen molar-refractivity contribution in [3.05, 3.63) is 48.0 Å². The molecule has 5 nitrogen and oxygen atoms in total. The Morgan fingerprint density at radius 3 is 2.62 bits per heavy atom. The predicted octanol–water partition coefficient (Wildman–Crippen LogP) is 2.54. The van der Waals surface area contributed by atoms with Crippen molar-refractivity contribution in [1.29, 1.82) is 0 Å². The van der Waals surface area contributed by atoms with Crippen LogP contribution < -0.4 is 10.6 Å². The molecule has 0 aliphatic carbocycles. The largest absolute Gasteiger partial charge is 0.472 e. The quantitative estimate of drug-likeness (QED) is 0.833. The van der Waals surface area contributed by atoms with Crippen LogP contribution in [0, 0.1) is 0 Å². The Kier molecular flexibility index (Phi) is 4.46. The van der Waals surface area contributed by atoms with Crippen molar-refractivity contribution in [2.75, 3.05) is 18.4 Å². The van der Waals surface area contributed by atoms with Crippen LogP contribution >= 0.6 is 0 Å². The minimum absolute atomic E-state index is 0.286. The second-order valence-electron chi connectivity index (χ2n) is 4.12. The summed E-state index contributed by atoms with van der Waals surface area (Å²) in [6.45, 7) is 0.634. The summed E-state index contributed by atoms with van der Waals surface area (Å²) in [6, 6.07) is 3.71. The average Bonchev–Trinajstić information content (AvgIpc) is 2.97. The first-order chi connectivity index (χ1) is 9.97. The first kappa shape index (κ1) is 14.9. The van der Waals surface area contributed by atoms with E-state index in [0.29, 0.717) is 24.5 Å². The second kappa shape index (κ2) is 6.29. The van der Waals surface area contributed by atoms with E-state index < -0.39 is 11.7 Å². The van der Waals surface area contributed by atoms with Crippen LogP contribution in [0.25, 0.3) is 0 Å². The lowest BCUT2D eigenvalue weighted by Gasteiger charge is -2.09. The van der Waals surface area contributed by atoms with Crippen molar-refractivity contribution >= 4 is 11.7 Å². The number of nitrogens with zero attached hydrogens (tertiary/aromatic N) is 1. The maximum Gasteiger partial charge on any atom is 0.417 e. The summed E-state index contributed by atoms with van der Waals surface area (Å²) in [6.07, 6.45) is -0.935. The monoisotopic (exact) mass is 299 g/mol. The number of furan rings is 1. The Bertz CT molecular complexity index is 580. The minimum atomic E-state index is -4.40. The molecule has 2 heterocycles. The third-order valence-corrected chi connectivity index (χ3v) is 2.59. The second-order valence-corrected chi connectivity index (χ2v) is 4.12. The number of hydrogen-bond acceptors (Lipinski definition) is 4. The molecule has 0 saturated carbocycles. The first-order valence-electron chi connectivity index (χ1n) is 6.04. The van der Waals surface area contributed by atoms with Gasteiger partial charge in [-0.15, -0.1) is 0 Å². The van der Waals surface area contributed by atoms with E-state index in [1.54, 1.807) is 0 Å². The molecule has 0 fully saturated rings. The van der Waals surface area contributed by atoms with Gasteiger partial charge in [0.05, 0.1) is 17.4 Å². The standard InChI is InChI=1S/C13H12F3N3O2/c14-13(15,16)10-1-2-11(19-7-10)17-4-5-18-12(20)9-3-6-21-8-9/h1-3,6-8H,4-5H2,(H,17,19)(H,18,20). The molecule has 0 unspecified atom stereocenters. The van der Waals surface area contributed by atoms with Gasteiger partial charge in [-0.1, -0.05) is 0 Å². The van der Waals surface area contributed by atoms with Crippen LogP contribution in [0.3, 0.4) is 0 Å². The van der Waals surface area contributed by atoms with Crippen molar-refractivity contribution in [1.82, 2.24) is 10.3 Å². The maximum absolute atomic E-state index is 12.3. The normalized spacial score (nSPS) is 11.2. The predicted molar refractivity (Wildman–Crippen MR) is 68.8 cm³/mol. The average molecular weight is 299 g/mol. The van der Waals surface area contributed by atoms with Gasteiger partial charge in [-0.25, -0.2) is 4.98 Å². The van der Waals surface area contributed by atoms with Crippen LogP contribution in [0.1, 0.15) is 15.9 Å². The zero-order chi connectivity index (χ0) is 15.3. The SMILES string of the molecule is O=C(NCCNc1ccc(C(F)(F)F)cn1)c1ccoc1. The molecule has 2 aromatic heterocycles. The molecule has 2 aromatic rings. The van der Waals surface area contributed by atoms with E-state index in [9.17, 15) is 18.0 Å². The molecule has 0 saturated heterocycles. The number of hydrogen-bond donors (Lipinski definition) is 2. The van der Waals surface area contributed by atoms with Gasteiger partial charge in [0.25, 0.3) is 5.91 Å². The molecule has 0 aliphatic rings. The van der Waals surface area contributed by atoms with Gasteiger partial charge in [-0.3, -0.25) is 4.79 Å². The lowest BCUT2D eigenvalue weighted by molar-refractivity contribution is -0.137. The summed E-state index contributed by atoms with van der Waals surface area (Å²) in [5.74, 6) is 0.0199. The molecule has 0 aromatic carbocycles. The van der Waals surface area contributed by atoms with E-state index in [0.717, 1.165) is 12.3 Å². The molecule has 2 rings (SSSR count). The molecular weight excluding hydrogens is 287 g/mol.